The fraction of sp³-hybridized carbons (Fsp3) is 0.200. The van der Waals surface area contributed by atoms with E-state index in [0.717, 1.165) is 11.1 Å². The van der Waals surface area contributed by atoms with Gasteiger partial charge < -0.3 is 9.47 Å². The topological polar surface area (TPSA) is 59.1 Å². The number of hydrogen-bond acceptors (Lipinski definition) is 4. The summed E-state index contributed by atoms with van der Waals surface area (Å²) in [6, 6.07) is 21.4. The maximum Gasteiger partial charge on any atom is 0.255 e. The number of carbonyl (C=O) groups is 2. The largest absolute Gasteiger partial charge is 0.497 e. The summed E-state index contributed by atoms with van der Waals surface area (Å²) in [5, 5.41) is 0. The van der Waals surface area contributed by atoms with E-state index in [-0.39, 0.29) is 18.4 Å². The van der Waals surface area contributed by atoms with Gasteiger partial charge in [0.05, 0.1) is 19.9 Å². The lowest BCUT2D eigenvalue weighted by molar-refractivity contribution is -0.128. The Hall–Kier alpha value is -3.80. The van der Waals surface area contributed by atoms with Crippen LogP contribution in [0.25, 0.3) is 0 Å². The molecule has 31 heavy (non-hydrogen) atoms. The second kappa shape index (κ2) is 8.52. The minimum atomic E-state index is -0.791. The summed E-state index contributed by atoms with van der Waals surface area (Å²) in [6.07, 6.45) is 0. The molecule has 0 spiro atoms. The Kier molecular flexibility index (Phi) is 5.62. The van der Waals surface area contributed by atoms with Crippen LogP contribution in [0.5, 0.6) is 11.5 Å². The molecule has 6 nitrogen and oxygen atoms in total. The number of methoxy groups -OCH3 is 2. The number of ether oxygens (including phenoxy) is 2. The van der Waals surface area contributed by atoms with Crippen LogP contribution in [0, 0.1) is 6.92 Å². The molecular formula is C25H24N2O4. The summed E-state index contributed by atoms with van der Waals surface area (Å²) >= 11 is 0. The zero-order chi connectivity index (χ0) is 22.0. The first-order chi connectivity index (χ1) is 15.0. The van der Waals surface area contributed by atoms with Gasteiger partial charge in [0, 0.05) is 11.8 Å². The first-order valence-electron chi connectivity index (χ1n) is 10.0. The number of amides is 2. The summed E-state index contributed by atoms with van der Waals surface area (Å²) in [5.74, 6) is 0.686. The Bertz CT molecular complexity index is 1100. The third kappa shape index (κ3) is 3.84. The van der Waals surface area contributed by atoms with Crippen LogP contribution in [-0.4, -0.2) is 32.6 Å². The smallest absolute Gasteiger partial charge is 0.255 e. The molecule has 6 heteroatoms. The number of carbonyl (C=O) groups excluding carboxylic acids is 2. The van der Waals surface area contributed by atoms with Gasteiger partial charge in [-0.2, -0.15) is 0 Å². The van der Waals surface area contributed by atoms with Crippen LogP contribution in [0.4, 0.5) is 11.4 Å². The highest BCUT2D eigenvalue weighted by atomic mass is 16.5. The van der Waals surface area contributed by atoms with Crippen molar-refractivity contribution in [3.63, 3.8) is 0 Å². The highest BCUT2D eigenvalue weighted by Gasteiger charge is 2.42. The number of benzene rings is 3. The molecule has 1 aliphatic heterocycles. The Morgan fingerprint density at radius 1 is 0.871 bits per heavy atom. The fourth-order valence-electron chi connectivity index (χ4n) is 3.83. The molecule has 0 bridgehead atoms. The maximum absolute atomic E-state index is 13.8. The molecule has 1 heterocycles. The molecule has 3 aromatic carbocycles. The van der Waals surface area contributed by atoms with E-state index in [9.17, 15) is 9.59 Å². The highest BCUT2D eigenvalue weighted by Crippen LogP contribution is 2.39. The van der Waals surface area contributed by atoms with Crippen molar-refractivity contribution in [3.8, 4) is 11.5 Å². The molecule has 4 rings (SSSR count). The summed E-state index contributed by atoms with van der Waals surface area (Å²) in [7, 11) is 3.09. The third-order valence-electron chi connectivity index (χ3n) is 5.42. The first-order valence-corrected chi connectivity index (χ1v) is 10.0. The van der Waals surface area contributed by atoms with E-state index in [4.69, 9.17) is 9.47 Å². The lowest BCUT2D eigenvalue weighted by Crippen LogP contribution is -2.56. The van der Waals surface area contributed by atoms with E-state index < -0.39 is 6.04 Å². The van der Waals surface area contributed by atoms with Gasteiger partial charge in [-0.1, -0.05) is 48.0 Å². The molecule has 1 saturated heterocycles. The molecule has 0 saturated carbocycles. The molecule has 158 valence electrons. The number of aryl methyl sites for hydroxylation is 1. The number of nitrogens with zero attached hydrogens (tertiary/aromatic N) is 2. The van der Waals surface area contributed by atoms with Crippen LogP contribution in [0.15, 0.2) is 72.8 Å². The zero-order valence-corrected chi connectivity index (χ0v) is 17.7. The molecular weight excluding hydrogens is 392 g/mol. The molecule has 1 unspecified atom stereocenters. The van der Waals surface area contributed by atoms with Crippen molar-refractivity contribution < 1.29 is 19.1 Å². The third-order valence-corrected chi connectivity index (χ3v) is 5.42. The number of rotatable bonds is 5. The van der Waals surface area contributed by atoms with Crippen LogP contribution in [0.2, 0.25) is 0 Å². The quantitative estimate of drug-likeness (QED) is 0.627. The van der Waals surface area contributed by atoms with Gasteiger partial charge in [-0.3, -0.25) is 19.4 Å². The van der Waals surface area contributed by atoms with Crippen LogP contribution in [0.1, 0.15) is 17.2 Å². The highest BCUT2D eigenvalue weighted by molar-refractivity contribution is 6.15. The molecule has 0 radical (unpaired) electrons. The summed E-state index contributed by atoms with van der Waals surface area (Å²) in [5.41, 5.74) is 3.02. The van der Waals surface area contributed by atoms with Gasteiger partial charge in [-0.25, -0.2) is 0 Å². The van der Waals surface area contributed by atoms with Crippen LogP contribution in [0.3, 0.4) is 0 Å². The van der Waals surface area contributed by atoms with E-state index in [2.05, 4.69) is 0 Å². The second-order valence-electron chi connectivity index (χ2n) is 7.37. The van der Waals surface area contributed by atoms with Crippen LogP contribution in [-0.2, 0) is 9.59 Å². The molecule has 1 aliphatic rings. The normalized spacial score (nSPS) is 16.4. The van der Waals surface area contributed by atoms with Crippen molar-refractivity contribution in [1.29, 1.82) is 0 Å². The molecule has 1 atom stereocenters. The van der Waals surface area contributed by atoms with E-state index in [0.29, 0.717) is 22.9 Å². The Balaban J connectivity index is 1.83. The maximum atomic E-state index is 13.8. The standard InChI is InChI=1S/C25H24N2O4/c1-17-9-11-19(12-10-17)27-23(28)16-26(21-15-20(30-2)13-14-22(21)31-3)25(29)24(27)18-7-5-4-6-8-18/h4-15,24H,16H2,1-3H3. The van der Waals surface area contributed by atoms with Crippen molar-refractivity contribution in [3.05, 3.63) is 83.9 Å². The monoisotopic (exact) mass is 416 g/mol. The average Bonchev–Trinajstić information content (AvgIpc) is 2.81. The Labute approximate surface area is 181 Å². The second-order valence-corrected chi connectivity index (χ2v) is 7.37. The summed E-state index contributed by atoms with van der Waals surface area (Å²) in [4.78, 5) is 30.3. The molecule has 0 aromatic heterocycles. The van der Waals surface area contributed by atoms with Gasteiger partial charge in [-0.15, -0.1) is 0 Å². The fourth-order valence-corrected chi connectivity index (χ4v) is 3.83. The van der Waals surface area contributed by atoms with Crippen molar-refractivity contribution in [2.24, 2.45) is 0 Å². The van der Waals surface area contributed by atoms with Crippen molar-refractivity contribution >= 4 is 23.2 Å². The molecule has 2 amide bonds. The zero-order valence-electron chi connectivity index (χ0n) is 17.7. The van der Waals surface area contributed by atoms with Gasteiger partial charge >= 0.3 is 0 Å². The van der Waals surface area contributed by atoms with Gasteiger partial charge in [-0.05, 0) is 36.8 Å². The minimum Gasteiger partial charge on any atom is -0.497 e. The van der Waals surface area contributed by atoms with E-state index in [1.54, 1.807) is 30.2 Å². The van der Waals surface area contributed by atoms with Crippen molar-refractivity contribution in [1.82, 2.24) is 0 Å². The lowest BCUT2D eigenvalue weighted by Gasteiger charge is -2.40. The summed E-state index contributed by atoms with van der Waals surface area (Å²) in [6.45, 7) is 1.89. The molecule has 0 aliphatic carbocycles. The average molecular weight is 416 g/mol. The lowest BCUT2D eigenvalue weighted by atomic mass is 9.99. The van der Waals surface area contributed by atoms with E-state index >= 15 is 0 Å². The van der Waals surface area contributed by atoms with Crippen molar-refractivity contribution in [2.45, 2.75) is 13.0 Å². The predicted molar refractivity (Wildman–Crippen MR) is 120 cm³/mol. The van der Waals surface area contributed by atoms with E-state index in [1.165, 1.54) is 12.0 Å². The first kappa shape index (κ1) is 20.5. The molecule has 3 aromatic rings. The predicted octanol–water partition coefficient (Wildman–Crippen LogP) is 4.13. The number of hydrogen-bond donors (Lipinski definition) is 0. The molecule has 0 N–H and O–H groups in total. The van der Waals surface area contributed by atoms with Gasteiger partial charge in [0.25, 0.3) is 5.91 Å². The molecule has 1 fully saturated rings. The summed E-state index contributed by atoms with van der Waals surface area (Å²) < 4.78 is 10.8. The van der Waals surface area contributed by atoms with Crippen LogP contribution < -0.4 is 19.3 Å². The van der Waals surface area contributed by atoms with Gasteiger partial charge in [0.15, 0.2) is 0 Å². The minimum absolute atomic E-state index is 0.0976. The Morgan fingerprint density at radius 3 is 2.23 bits per heavy atom. The van der Waals surface area contributed by atoms with E-state index in [1.807, 2.05) is 61.5 Å². The SMILES string of the molecule is COc1ccc(OC)c(N2CC(=O)N(c3ccc(C)cc3)C(c3ccccc3)C2=O)c1. The van der Waals surface area contributed by atoms with Crippen LogP contribution >= 0.6 is 0 Å². The number of anilines is 2. The van der Waals surface area contributed by atoms with Gasteiger partial charge in [0.2, 0.25) is 5.91 Å². The van der Waals surface area contributed by atoms with Gasteiger partial charge in [0.1, 0.15) is 24.1 Å². The Morgan fingerprint density at radius 2 is 1.58 bits per heavy atom. The van der Waals surface area contributed by atoms with Crippen molar-refractivity contribution in [2.75, 3.05) is 30.6 Å². The number of piperazine rings is 1.